The Hall–Kier alpha value is -2.15. The largest absolute Gasteiger partial charge is 0.437 e. The lowest BCUT2D eigenvalue weighted by molar-refractivity contribution is 0.140. The summed E-state index contributed by atoms with van der Waals surface area (Å²) in [6.07, 6.45) is -2.82. The van der Waals surface area contributed by atoms with E-state index in [2.05, 4.69) is 25.9 Å². The zero-order valence-electron chi connectivity index (χ0n) is 10.9. The van der Waals surface area contributed by atoms with Crippen LogP contribution >= 0.6 is 15.9 Å². The van der Waals surface area contributed by atoms with Gasteiger partial charge < -0.3 is 4.74 Å². The molecule has 0 atom stereocenters. The molecule has 0 unspecified atom stereocenters. The number of alkyl halides is 2. The molecule has 0 aliphatic carbocycles. The highest BCUT2D eigenvalue weighted by atomic mass is 79.9. The summed E-state index contributed by atoms with van der Waals surface area (Å²) in [6.45, 7) is 0. The topological polar surface area (TPSA) is 35.0 Å². The van der Waals surface area contributed by atoms with Gasteiger partial charge in [0, 0.05) is 0 Å². The lowest BCUT2D eigenvalue weighted by Crippen LogP contribution is -2.00. The van der Waals surface area contributed by atoms with Crippen molar-refractivity contribution in [3.05, 3.63) is 58.6 Å². The van der Waals surface area contributed by atoms with Crippen LogP contribution in [0.5, 0.6) is 11.6 Å². The molecule has 0 fully saturated rings. The highest BCUT2D eigenvalue weighted by Gasteiger charge is 2.17. The van der Waals surface area contributed by atoms with Crippen molar-refractivity contribution in [3.63, 3.8) is 0 Å². The number of para-hydroxylation sites is 1. The third kappa shape index (κ3) is 2.89. The van der Waals surface area contributed by atoms with E-state index < -0.39 is 18.1 Å². The quantitative estimate of drug-likeness (QED) is 0.632. The Bertz CT molecular complexity index is 842. The number of rotatable bonds is 3. The Morgan fingerprint density at radius 3 is 2.55 bits per heavy atom. The number of halogens is 4. The molecule has 0 spiro atoms. The van der Waals surface area contributed by atoms with E-state index in [1.165, 1.54) is 18.2 Å². The second kappa shape index (κ2) is 5.92. The first-order valence-corrected chi connectivity index (χ1v) is 7.01. The summed E-state index contributed by atoms with van der Waals surface area (Å²) in [7, 11) is 0. The lowest BCUT2D eigenvalue weighted by atomic mass is 10.2. The first-order valence-electron chi connectivity index (χ1n) is 6.22. The fraction of sp³-hybridized carbons (Fsp3) is 0.0667. The van der Waals surface area contributed by atoms with Crippen molar-refractivity contribution in [1.29, 1.82) is 0 Å². The summed E-state index contributed by atoms with van der Waals surface area (Å²) < 4.78 is 44.8. The highest BCUT2D eigenvalue weighted by Crippen LogP contribution is 2.33. The van der Waals surface area contributed by atoms with Gasteiger partial charge in [-0.1, -0.05) is 12.1 Å². The third-order valence-electron chi connectivity index (χ3n) is 2.88. The summed E-state index contributed by atoms with van der Waals surface area (Å²) in [5, 5.41) is 0.489. The molecule has 2 aromatic carbocycles. The smallest absolute Gasteiger partial charge is 0.297 e. The van der Waals surface area contributed by atoms with Crippen LogP contribution in [0.2, 0.25) is 0 Å². The van der Waals surface area contributed by atoms with Crippen LogP contribution in [0.25, 0.3) is 10.9 Å². The summed E-state index contributed by atoms with van der Waals surface area (Å²) in [6, 6.07) is 10.5. The van der Waals surface area contributed by atoms with Gasteiger partial charge in [0.1, 0.15) is 11.6 Å². The van der Waals surface area contributed by atoms with E-state index >= 15 is 0 Å². The molecular formula is C15H8BrF3N2O. The molecule has 112 valence electrons. The molecule has 0 N–H and O–H groups in total. The van der Waals surface area contributed by atoms with Gasteiger partial charge in [-0.05, 0) is 46.3 Å². The number of nitrogens with zero attached hydrogens (tertiary/aromatic N) is 2. The van der Waals surface area contributed by atoms with E-state index in [1.54, 1.807) is 24.3 Å². The summed E-state index contributed by atoms with van der Waals surface area (Å²) in [5.41, 5.74) is 0.348. The van der Waals surface area contributed by atoms with Crippen LogP contribution in [0.1, 0.15) is 12.2 Å². The van der Waals surface area contributed by atoms with Crippen LogP contribution in [0.3, 0.4) is 0 Å². The number of hydrogen-bond donors (Lipinski definition) is 0. The minimum Gasteiger partial charge on any atom is -0.437 e. The van der Waals surface area contributed by atoms with E-state index in [1.807, 2.05) is 0 Å². The second-order valence-corrected chi connectivity index (χ2v) is 5.24. The molecule has 0 saturated carbocycles. The van der Waals surface area contributed by atoms with Crippen LogP contribution in [-0.4, -0.2) is 9.97 Å². The van der Waals surface area contributed by atoms with Gasteiger partial charge in [0.25, 0.3) is 6.43 Å². The molecule has 22 heavy (non-hydrogen) atoms. The molecule has 1 heterocycles. The van der Waals surface area contributed by atoms with Crippen LogP contribution in [0.4, 0.5) is 13.2 Å². The van der Waals surface area contributed by atoms with Gasteiger partial charge in [-0.2, -0.15) is 4.98 Å². The number of hydrogen-bond acceptors (Lipinski definition) is 3. The standard InChI is InChI=1S/C15H8BrF3N2O/c16-10-7-8(17)5-6-12(10)22-15-9-3-1-2-4-11(9)20-14(21-15)13(18)19/h1-7,13H. The lowest BCUT2D eigenvalue weighted by Gasteiger charge is -2.10. The number of fused-ring (bicyclic) bond motifs is 1. The molecule has 3 rings (SSSR count). The molecule has 1 aromatic heterocycles. The Balaban J connectivity index is 2.12. The van der Waals surface area contributed by atoms with Gasteiger partial charge in [-0.3, -0.25) is 0 Å². The minimum atomic E-state index is -2.82. The number of benzene rings is 2. The van der Waals surface area contributed by atoms with Gasteiger partial charge in [0.2, 0.25) is 5.88 Å². The monoisotopic (exact) mass is 368 g/mol. The van der Waals surface area contributed by atoms with Crippen molar-refractivity contribution in [2.45, 2.75) is 6.43 Å². The van der Waals surface area contributed by atoms with Crippen LogP contribution in [0.15, 0.2) is 46.9 Å². The normalized spacial score (nSPS) is 11.1. The molecular weight excluding hydrogens is 361 g/mol. The fourth-order valence-corrected chi connectivity index (χ4v) is 2.33. The zero-order valence-corrected chi connectivity index (χ0v) is 12.5. The first kappa shape index (κ1) is 14.8. The molecule has 3 nitrogen and oxygen atoms in total. The maximum Gasteiger partial charge on any atom is 0.297 e. The van der Waals surface area contributed by atoms with Gasteiger partial charge in [-0.15, -0.1) is 0 Å². The highest BCUT2D eigenvalue weighted by molar-refractivity contribution is 9.10. The van der Waals surface area contributed by atoms with Crippen molar-refractivity contribution < 1.29 is 17.9 Å². The first-order chi connectivity index (χ1) is 10.5. The minimum absolute atomic E-state index is 0.00629. The summed E-state index contributed by atoms with van der Waals surface area (Å²) in [4.78, 5) is 7.56. The van der Waals surface area contributed by atoms with E-state index in [9.17, 15) is 13.2 Å². The van der Waals surface area contributed by atoms with Crippen molar-refractivity contribution in [2.24, 2.45) is 0 Å². The van der Waals surface area contributed by atoms with Crippen LogP contribution < -0.4 is 4.74 Å². The third-order valence-corrected chi connectivity index (χ3v) is 3.50. The van der Waals surface area contributed by atoms with Crippen LogP contribution in [0, 0.1) is 5.82 Å². The van der Waals surface area contributed by atoms with Crippen molar-refractivity contribution in [2.75, 3.05) is 0 Å². The molecule has 3 aromatic rings. The number of aromatic nitrogens is 2. The van der Waals surface area contributed by atoms with Crippen molar-refractivity contribution >= 4 is 26.8 Å². The Morgan fingerprint density at radius 2 is 1.82 bits per heavy atom. The summed E-state index contributed by atoms with van der Waals surface area (Å²) in [5.74, 6) is -0.800. The van der Waals surface area contributed by atoms with E-state index in [0.29, 0.717) is 15.4 Å². The van der Waals surface area contributed by atoms with E-state index in [4.69, 9.17) is 4.74 Å². The predicted octanol–water partition coefficient (Wildman–Crippen LogP) is 5.26. The van der Waals surface area contributed by atoms with E-state index in [0.717, 1.165) is 0 Å². The average molecular weight is 369 g/mol. The zero-order chi connectivity index (χ0) is 15.7. The molecule has 0 aliphatic heterocycles. The van der Waals surface area contributed by atoms with Gasteiger partial charge in [0.15, 0.2) is 5.82 Å². The molecule has 0 aliphatic rings. The van der Waals surface area contributed by atoms with E-state index in [-0.39, 0.29) is 11.6 Å². The predicted molar refractivity (Wildman–Crippen MR) is 78.7 cm³/mol. The van der Waals surface area contributed by atoms with Gasteiger partial charge in [0.05, 0.1) is 15.4 Å². The van der Waals surface area contributed by atoms with Crippen molar-refractivity contribution in [3.8, 4) is 11.6 Å². The molecule has 0 saturated heterocycles. The molecule has 0 bridgehead atoms. The van der Waals surface area contributed by atoms with Gasteiger partial charge in [-0.25, -0.2) is 18.2 Å². The maximum absolute atomic E-state index is 13.1. The SMILES string of the molecule is Fc1ccc(Oc2nc(C(F)F)nc3ccccc23)c(Br)c1. The molecule has 0 radical (unpaired) electrons. The Labute approximate surface area is 131 Å². The summed E-state index contributed by atoms with van der Waals surface area (Å²) >= 11 is 3.16. The van der Waals surface area contributed by atoms with Crippen LogP contribution in [-0.2, 0) is 0 Å². The molecule has 0 amide bonds. The second-order valence-electron chi connectivity index (χ2n) is 4.38. The molecule has 7 heteroatoms. The average Bonchev–Trinajstić information content (AvgIpc) is 2.49. The fourth-order valence-electron chi connectivity index (χ4n) is 1.90. The number of ether oxygens (including phenoxy) is 1. The Kier molecular flexibility index (Phi) is 3.98. The van der Waals surface area contributed by atoms with Gasteiger partial charge >= 0.3 is 0 Å². The Morgan fingerprint density at radius 1 is 1.05 bits per heavy atom. The maximum atomic E-state index is 13.1. The van der Waals surface area contributed by atoms with Crippen molar-refractivity contribution in [1.82, 2.24) is 9.97 Å².